The van der Waals surface area contributed by atoms with E-state index in [1.807, 2.05) is 0 Å². The summed E-state index contributed by atoms with van der Waals surface area (Å²) in [5, 5.41) is 2.67. The van der Waals surface area contributed by atoms with Crippen LogP contribution >= 0.6 is 0 Å². The summed E-state index contributed by atoms with van der Waals surface area (Å²) in [6.07, 6.45) is 2.84. The average Bonchev–Trinajstić information content (AvgIpc) is 3.15. The zero-order valence-corrected chi connectivity index (χ0v) is 14.8. The molecule has 1 atom stereocenters. The number of aromatic amines is 1. The van der Waals surface area contributed by atoms with Crippen molar-refractivity contribution in [1.29, 1.82) is 0 Å². The molecule has 1 aliphatic rings. The van der Waals surface area contributed by atoms with E-state index < -0.39 is 0 Å². The van der Waals surface area contributed by atoms with Crippen molar-refractivity contribution in [2.45, 2.75) is 39.8 Å². The van der Waals surface area contributed by atoms with Crippen LogP contribution in [0.4, 0.5) is 0 Å². The number of aryl methyl sites for hydroxylation is 1. The Hall–Kier alpha value is -2.15. The van der Waals surface area contributed by atoms with Crippen LogP contribution in [0.1, 0.15) is 51.9 Å². The molecule has 1 aliphatic heterocycles. The number of aromatic nitrogens is 1. The minimum Gasteiger partial charge on any atom is -0.356 e. The molecular formula is C17H26N4O3. The normalized spacial score (nSPS) is 17.8. The van der Waals surface area contributed by atoms with Crippen molar-refractivity contribution in [2.24, 2.45) is 0 Å². The van der Waals surface area contributed by atoms with Gasteiger partial charge in [-0.25, -0.2) is 0 Å². The van der Waals surface area contributed by atoms with E-state index in [9.17, 15) is 14.4 Å². The number of likely N-dealkylation sites (tertiary alicyclic amines) is 1. The first-order chi connectivity index (χ1) is 11.4. The summed E-state index contributed by atoms with van der Waals surface area (Å²) in [4.78, 5) is 42.5. The molecule has 0 bridgehead atoms. The Labute approximate surface area is 142 Å². The summed E-state index contributed by atoms with van der Waals surface area (Å²) in [7, 11) is 1.78. The van der Waals surface area contributed by atoms with Crippen LogP contribution in [0, 0.1) is 13.8 Å². The average molecular weight is 334 g/mol. The van der Waals surface area contributed by atoms with Crippen LogP contribution in [0.5, 0.6) is 0 Å². The lowest BCUT2D eigenvalue weighted by Gasteiger charge is -2.31. The van der Waals surface area contributed by atoms with Gasteiger partial charge in [0, 0.05) is 19.3 Å². The van der Waals surface area contributed by atoms with Crippen molar-refractivity contribution < 1.29 is 14.4 Å². The van der Waals surface area contributed by atoms with Gasteiger partial charge in [-0.15, -0.1) is 0 Å². The van der Waals surface area contributed by atoms with E-state index in [-0.39, 0.29) is 24.5 Å². The van der Waals surface area contributed by atoms with Crippen LogP contribution in [0.15, 0.2) is 0 Å². The van der Waals surface area contributed by atoms with Gasteiger partial charge in [0.15, 0.2) is 6.29 Å². The van der Waals surface area contributed by atoms with Crippen LogP contribution in [-0.4, -0.2) is 65.7 Å². The Morgan fingerprint density at radius 1 is 1.42 bits per heavy atom. The lowest BCUT2D eigenvalue weighted by Crippen LogP contribution is -2.48. The van der Waals surface area contributed by atoms with Crippen LogP contribution in [0.2, 0.25) is 0 Å². The highest BCUT2D eigenvalue weighted by molar-refractivity contribution is 6.00. The second kappa shape index (κ2) is 7.61. The molecule has 0 aromatic carbocycles. The quantitative estimate of drug-likeness (QED) is 0.762. The number of carbonyl (C=O) groups excluding carboxylic acids is 3. The van der Waals surface area contributed by atoms with E-state index in [0.29, 0.717) is 28.8 Å². The standard InChI is InChI=1S/C17H26N4O3/c1-5-21-8-6-7-14(21)20(4)15(23)9-18-17(24)16-11(2)13(10-22)19-12(16)3/h10,14,19H,5-9H2,1-4H3,(H,18,24). The summed E-state index contributed by atoms with van der Waals surface area (Å²) >= 11 is 0. The fourth-order valence-electron chi connectivity index (χ4n) is 3.38. The Morgan fingerprint density at radius 3 is 2.71 bits per heavy atom. The molecule has 0 spiro atoms. The molecule has 1 unspecified atom stereocenters. The molecule has 2 N–H and O–H groups in total. The number of hydrogen-bond acceptors (Lipinski definition) is 4. The predicted octanol–water partition coefficient (Wildman–Crippen LogP) is 1.07. The van der Waals surface area contributed by atoms with Gasteiger partial charge in [-0.1, -0.05) is 6.92 Å². The van der Waals surface area contributed by atoms with Crippen LogP contribution in [0.3, 0.4) is 0 Å². The number of likely N-dealkylation sites (N-methyl/N-ethyl adjacent to an activating group) is 1. The zero-order chi connectivity index (χ0) is 17.9. The van der Waals surface area contributed by atoms with Crippen molar-refractivity contribution >= 4 is 18.1 Å². The van der Waals surface area contributed by atoms with Gasteiger partial charge >= 0.3 is 0 Å². The summed E-state index contributed by atoms with van der Waals surface area (Å²) in [5.41, 5.74) is 2.06. The van der Waals surface area contributed by atoms with Crippen molar-refractivity contribution in [3.05, 3.63) is 22.5 Å². The van der Waals surface area contributed by atoms with Gasteiger partial charge in [-0.2, -0.15) is 0 Å². The highest BCUT2D eigenvalue weighted by Crippen LogP contribution is 2.19. The smallest absolute Gasteiger partial charge is 0.253 e. The predicted molar refractivity (Wildman–Crippen MR) is 91.0 cm³/mol. The highest BCUT2D eigenvalue weighted by atomic mass is 16.2. The van der Waals surface area contributed by atoms with E-state index in [1.54, 1.807) is 25.8 Å². The number of H-pyrrole nitrogens is 1. The number of nitrogens with one attached hydrogen (secondary N) is 2. The number of carbonyl (C=O) groups is 3. The van der Waals surface area contributed by atoms with Crippen molar-refractivity contribution in [1.82, 2.24) is 20.1 Å². The van der Waals surface area contributed by atoms with E-state index >= 15 is 0 Å². The Kier molecular flexibility index (Phi) is 5.77. The highest BCUT2D eigenvalue weighted by Gasteiger charge is 2.29. The fraction of sp³-hybridized carbons (Fsp3) is 0.588. The molecule has 7 nitrogen and oxygen atoms in total. The maximum atomic E-state index is 12.4. The molecule has 0 saturated carbocycles. The van der Waals surface area contributed by atoms with Crippen LogP contribution in [-0.2, 0) is 4.79 Å². The van der Waals surface area contributed by atoms with E-state index in [4.69, 9.17) is 0 Å². The number of amides is 2. The van der Waals surface area contributed by atoms with Crippen molar-refractivity contribution in [3.8, 4) is 0 Å². The first kappa shape index (κ1) is 18.2. The molecule has 1 aromatic heterocycles. The van der Waals surface area contributed by atoms with Crippen molar-refractivity contribution in [2.75, 3.05) is 26.7 Å². The molecule has 1 aromatic rings. The zero-order valence-electron chi connectivity index (χ0n) is 14.8. The lowest BCUT2D eigenvalue weighted by atomic mass is 10.1. The van der Waals surface area contributed by atoms with Crippen LogP contribution < -0.4 is 5.32 Å². The number of rotatable bonds is 6. The maximum absolute atomic E-state index is 12.4. The van der Waals surface area contributed by atoms with Crippen molar-refractivity contribution in [3.63, 3.8) is 0 Å². The minimum atomic E-state index is -0.338. The van der Waals surface area contributed by atoms with Gasteiger partial charge in [0.05, 0.1) is 24.0 Å². The second-order valence-corrected chi connectivity index (χ2v) is 6.22. The largest absolute Gasteiger partial charge is 0.356 e. The van der Waals surface area contributed by atoms with Gasteiger partial charge in [0.1, 0.15) is 0 Å². The molecule has 2 amide bonds. The maximum Gasteiger partial charge on any atom is 0.253 e. The third-order valence-corrected chi connectivity index (χ3v) is 4.80. The third kappa shape index (κ3) is 3.51. The summed E-state index contributed by atoms with van der Waals surface area (Å²) in [5.74, 6) is -0.454. The molecule has 1 fully saturated rings. The van der Waals surface area contributed by atoms with E-state index in [1.165, 1.54) is 0 Å². The molecular weight excluding hydrogens is 308 g/mol. The molecule has 0 aliphatic carbocycles. The van der Waals surface area contributed by atoms with Gasteiger partial charge in [-0.3, -0.25) is 19.3 Å². The molecule has 132 valence electrons. The molecule has 7 heteroatoms. The lowest BCUT2D eigenvalue weighted by molar-refractivity contribution is -0.133. The summed E-state index contributed by atoms with van der Waals surface area (Å²) < 4.78 is 0. The molecule has 2 rings (SSSR count). The van der Waals surface area contributed by atoms with Gasteiger partial charge < -0.3 is 15.2 Å². The molecule has 24 heavy (non-hydrogen) atoms. The number of aldehydes is 1. The molecule has 2 heterocycles. The number of nitrogens with zero attached hydrogens (tertiary/aromatic N) is 2. The second-order valence-electron chi connectivity index (χ2n) is 6.22. The van der Waals surface area contributed by atoms with E-state index in [2.05, 4.69) is 22.1 Å². The molecule has 0 radical (unpaired) electrons. The molecule has 1 saturated heterocycles. The first-order valence-corrected chi connectivity index (χ1v) is 8.32. The monoisotopic (exact) mass is 334 g/mol. The third-order valence-electron chi connectivity index (χ3n) is 4.80. The summed E-state index contributed by atoms with van der Waals surface area (Å²) in [6.45, 7) is 7.39. The Morgan fingerprint density at radius 2 is 2.12 bits per heavy atom. The summed E-state index contributed by atoms with van der Waals surface area (Å²) in [6, 6.07) is 0. The van der Waals surface area contributed by atoms with E-state index in [0.717, 1.165) is 25.9 Å². The Bertz CT molecular complexity index is 638. The topological polar surface area (TPSA) is 85.5 Å². The number of hydrogen-bond donors (Lipinski definition) is 2. The SMILES string of the molecule is CCN1CCCC1N(C)C(=O)CNC(=O)c1c(C)[nH]c(C=O)c1C. The van der Waals surface area contributed by atoms with Gasteiger partial charge in [-0.05, 0) is 38.8 Å². The Balaban J connectivity index is 1.97. The first-order valence-electron chi connectivity index (χ1n) is 8.32. The fourth-order valence-corrected chi connectivity index (χ4v) is 3.38. The van der Waals surface area contributed by atoms with Gasteiger partial charge in [0.25, 0.3) is 5.91 Å². The van der Waals surface area contributed by atoms with Gasteiger partial charge in [0.2, 0.25) is 5.91 Å². The van der Waals surface area contributed by atoms with Crippen LogP contribution in [0.25, 0.3) is 0 Å². The minimum absolute atomic E-state index is 0.0517.